The van der Waals surface area contributed by atoms with Gasteiger partial charge in [0.15, 0.2) is 0 Å². The van der Waals surface area contributed by atoms with E-state index in [2.05, 4.69) is 20.9 Å². The highest BCUT2D eigenvalue weighted by Crippen LogP contribution is 2.34. The summed E-state index contributed by atoms with van der Waals surface area (Å²) in [6.07, 6.45) is -6.68. The molecule has 0 unspecified atom stereocenters. The fraction of sp³-hybridized carbons (Fsp3) is 0.435. The number of carbonyl (C=O) groups is 3. The minimum Gasteiger partial charge on any atom is -0.475 e. The number of nitrogens with zero attached hydrogens (tertiary/aromatic N) is 4. The average Bonchev–Trinajstić information content (AvgIpc) is 3.33. The highest BCUT2D eigenvalue weighted by Gasteiger charge is 2.46. The summed E-state index contributed by atoms with van der Waals surface area (Å²) >= 11 is 0. The van der Waals surface area contributed by atoms with E-state index in [9.17, 15) is 31.1 Å². The number of carbonyl (C=O) groups excluding carboxylic acids is 1. The monoisotopic (exact) mass is 550 g/mol. The van der Waals surface area contributed by atoms with Crippen molar-refractivity contribution in [1.29, 1.82) is 0 Å². The molecule has 2 fully saturated rings. The molecule has 0 spiro atoms. The fourth-order valence-corrected chi connectivity index (χ4v) is 3.97. The average molecular weight is 550 g/mol. The Labute approximate surface area is 212 Å². The SMILES string of the molecule is Cc1cccc(CN2C(=O)C[C@@H]3[C@@H]2CCN3Cc2ccccn2)n1.O=C(O)C(F)(F)F.O=C(O)C(F)(F)F. The van der Waals surface area contributed by atoms with E-state index in [4.69, 9.17) is 19.8 Å². The van der Waals surface area contributed by atoms with Crippen LogP contribution in [0.2, 0.25) is 0 Å². The van der Waals surface area contributed by atoms with Gasteiger partial charge in [-0.25, -0.2) is 9.59 Å². The molecule has 2 N–H and O–H groups in total. The first-order chi connectivity index (χ1) is 17.6. The molecule has 2 aliphatic rings. The Hall–Kier alpha value is -3.75. The van der Waals surface area contributed by atoms with Crippen LogP contribution in [-0.2, 0) is 27.5 Å². The van der Waals surface area contributed by atoms with Crippen molar-refractivity contribution in [3.63, 3.8) is 0 Å². The number of hydrogen-bond donors (Lipinski definition) is 2. The summed E-state index contributed by atoms with van der Waals surface area (Å²) in [5, 5.41) is 14.2. The normalized spacial score (nSPS) is 19.1. The van der Waals surface area contributed by atoms with Gasteiger partial charge < -0.3 is 15.1 Å². The van der Waals surface area contributed by atoms with E-state index in [0.717, 1.165) is 36.6 Å². The number of fused-ring (bicyclic) bond motifs is 1. The summed E-state index contributed by atoms with van der Waals surface area (Å²) in [5.41, 5.74) is 3.05. The van der Waals surface area contributed by atoms with Gasteiger partial charge in [-0.1, -0.05) is 12.1 Å². The van der Waals surface area contributed by atoms with Crippen LogP contribution in [-0.4, -0.2) is 78.8 Å². The second kappa shape index (κ2) is 12.7. The van der Waals surface area contributed by atoms with Crippen molar-refractivity contribution in [3.05, 3.63) is 59.7 Å². The molecule has 0 bridgehead atoms. The highest BCUT2D eigenvalue weighted by atomic mass is 19.4. The second-order valence-electron chi connectivity index (χ2n) is 8.32. The summed E-state index contributed by atoms with van der Waals surface area (Å²) in [5.74, 6) is -5.26. The Morgan fingerprint density at radius 3 is 2.00 bits per heavy atom. The van der Waals surface area contributed by atoms with Gasteiger partial charge in [0.2, 0.25) is 5.91 Å². The van der Waals surface area contributed by atoms with E-state index in [-0.39, 0.29) is 5.91 Å². The van der Waals surface area contributed by atoms with Crippen LogP contribution >= 0.6 is 0 Å². The van der Waals surface area contributed by atoms with Crippen LogP contribution in [0.4, 0.5) is 26.3 Å². The van der Waals surface area contributed by atoms with Gasteiger partial charge in [0.05, 0.1) is 17.9 Å². The predicted octanol–water partition coefficient (Wildman–Crippen LogP) is 3.43. The number of pyridine rings is 2. The Balaban J connectivity index is 0.000000301. The predicted molar refractivity (Wildman–Crippen MR) is 118 cm³/mol. The van der Waals surface area contributed by atoms with E-state index in [1.807, 2.05) is 48.4 Å². The molecule has 4 heterocycles. The highest BCUT2D eigenvalue weighted by molar-refractivity contribution is 5.80. The molecule has 2 aromatic rings. The van der Waals surface area contributed by atoms with Gasteiger partial charge in [0.25, 0.3) is 0 Å². The molecule has 0 aliphatic carbocycles. The van der Waals surface area contributed by atoms with Gasteiger partial charge in [0.1, 0.15) is 0 Å². The van der Waals surface area contributed by atoms with E-state index in [1.54, 1.807) is 0 Å². The molecular formula is C23H24F6N4O5. The summed E-state index contributed by atoms with van der Waals surface area (Å²) in [6, 6.07) is 12.6. The third-order valence-electron chi connectivity index (χ3n) is 5.58. The number of halogens is 6. The molecule has 2 atom stereocenters. The van der Waals surface area contributed by atoms with Crippen LogP contribution in [0.1, 0.15) is 29.9 Å². The molecule has 9 nitrogen and oxygen atoms in total. The lowest BCUT2D eigenvalue weighted by atomic mass is 10.1. The Bertz CT molecular complexity index is 1090. The summed E-state index contributed by atoms with van der Waals surface area (Å²) in [7, 11) is 0. The molecule has 2 saturated heterocycles. The summed E-state index contributed by atoms with van der Waals surface area (Å²) < 4.78 is 63.5. The van der Waals surface area contributed by atoms with Gasteiger partial charge in [-0.2, -0.15) is 26.3 Å². The van der Waals surface area contributed by atoms with Crippen molar-refractivity contribution in [1.82, 2.24) is 19.8 Å². The van der Waals surface area contributed by atoms with Crippen LogP contribution in [0.15, 0.2) is 42.6 Å². The minimum atomic E-state index is -5.08. The van der Waals surface area contributed by atoms with Crippen LogP contribution in [0.5, 0.6) is 0 Å². The number of likely N-dealkylation sites (tertiary alicyclic amines) is 2. The van der Waals surface area contributed by atoms with Gasteiger partial charge in [-0.15, -0.1) is 0 Å². The van der Waals surface area contributed by atoms with E-state index >= 15 is 0 Å². The fourth-order valence-electron chi connectivity index (χ4n) is 3.97. The zero-order valence-electron chi connectivity index (χ0n) is 19.9. The third kappa shape index (κ3) is 8.97. The number of carboxylic acid groups (broad SMARTS) is 2. The van der Waals surface area contributed by atoms with Crippen LogP contribution < -0.4 is 0 Å². The number of alkyl halides is 6. The molecule has 4 rings (SSSR count). The lowest BCUT2D eigenvalue weighted by Gasteiger charge is -2.25. The maximum absolute atomic E-state index is 12.5. The molecule has 15 heteroatoms. The van der Waals surface area contributed by atoms with Gasteiger partial charge in [-0.3, -0.25) is 19.7 Å². The number of rotatable bonds is 4. The van der Waals surface area contributed by atoms with Gasteiger partial charge >= 0.3 is 24.3 Å². The Morgan fingerprint density at radius 2 is 1.50 bits per heavy atom. The zero-order valence-corrected chi connectivity index (χ0v) is 19.9. The first-order valence-electron chi connectivity index (χ1n) is 11.1. The lowest BCUT2D eigenvalue weighted by molar-refractivity contribution is -0.193. The van der Waals surface area contributed by atoms with Crippen molar-refractivity contribution in [2.24, 2.45) is 0 Å². The number of aryl methyl sites for hydroxylation is 1. The number of amides is 1. The minimum absolute atomic E-state index is 0.249. The maximum Gasteiger partial charge on any atom is 0.490 e. The number of hydrogen-bond acceptors (Lipinski definition) is 6. The molecule has 2 aromatic heterocycles. The quantitative estimate of drug-likeness (QED) is 0.556. The largest absolute Gasteiger partial charge is 0.490 e. The van der Waals surface area contributed by atoms with E-state index in [1.165, 1.54) is 0 Å². The molecular weight excluding hydrogens is 526 g/mol. The van der Waals surface area contributed by atoms with E-state index < -0.39 is 24.3 Å². The zero-order chi connectivity index (χ0) is 28.7. The van der Waals surface area contributed by atoms with Crippen molar-refractivity contribution in [2.75, 3.05) is 6.54 Å². The first-order valence-corrected chi connectivity index (χ1v) is 11.1. The topological polar surface area (TPSA) is 124 Å². The smallest absolute Gasteiger partial charge is 0.475 e. The molecule has 38 heavy (non-hydrogen) atoms. The summed E-state index contributed by atoms with van der Waals surface area (Å²) in [4.78, 5) is 43.7. The Kier molecular flexibility index (Phi) is 10.2. The molecule has 0 saturated carbocycles. The maximum atomic E-state index is 12.5. The van der Waals surface area contributed by atoms with Crippen molar-refractivity contribution < 1.29 is 50.9 Å². The van der Waals surface area contributed by atoms with Crippen LogP contribution in [0, 0.1) is 6.92 Å². The molecule has 1 amide bonds. The van der Waals surface area contributed by atoms with E-state index in [0.29, 0.717) is 25.0 Å². The molecule has 208 valence electrons. The lowest BCUT2D eigenvalue weighted by Crippen LogP contribution is -2.37. The number of aromatic nitrogens is 2. The van der Waals surface area contributed by atoms with Crippen molar-refractivity contribution in [3.8, 4) is 0 Å². The number of carboxylic acids is 2. The van der Waals surface area contributed by atoms with Crippen LogP contribution in [0.3, 0.4) is 0 Å². The van der Waals surface area contributed by atoms with Crippen molar-refractivity contribution in [2.45, 2.75) is 57.3 Å². The number of aliphatic carboxylic acids is 2. The third-order valence-corrected chi connectivity index (χ3v) is 5.58. The van der Waals surface area contributed by atoms with Crippen LogP contribution in [0.25, 0.3) is 0 Å². The van der Waals surface area contributed by atoms with Gasteiger partial charge in [-0.05, 0) is 37.6 Å². The summed E-state index contributed by atoms with van der Waals surface area (Å²) in [6.45, 7) is 4.46. The van der Waals surface area contributed by atoms with Crippen molar-refractivity contribution >= 4 is 17.8 Å². The Morgan fingerprint density at radius 1 is 0.921 bits per heavy atom. The first kappa shape index (κ1) is 30.5. The molecule has 2 aliphatic heterocycles. The second-order valence-corrected chi connectivity index (χ2v) is 8.32. The standard InChI is InChI=1S/C19H22N4O.2C2HF3O2/c1-14-5-4-7-16(21-14)13-23-17-8-10-22(18(17)11-19(23)24)12-15-6-2-3-9-20-15;2*3-2(4,5)1(6)7/h2-7,9,17-18H,8,10-13H2,1H3;2*(H,6,7)/t17-,18+;;/m0../s1. The molecule has 0 aromatic carbocycles. The molecule has 0 radical (unpaired) electrons. The van der Waals surface area contributed by atoms with Gasteiger partial charge in [0, 0.05) is 43.5 Å².